The number of aryl methyl sites for hydroxylation is 1. The SMILES string of the molecule is COc1ccc(CN2CCN(c3cc(C)nc(SC)n3)CC2)cn1. The molecule has 128 valence electrons. The quantitative estimate of drug-likeness (QED) is 0.608. The van der Waals surface area contributed by atoms with E-state index in [1.165, 1.54) is 5.56 Å². The third-order valence-corrected chi connectivity index (χ3v) is 4.66. The first-order chi connectivity index (χ1) is 11.7. The fourth-order valence-electron chi connectivity index (χ4n) is 2.80. The minimum atomic E-state index is 0.660. The maximum Gasteiger partial charge on any atom is 0.212 e. The Kier molecular flexibility index (Phi) is 5.52. The number of anilines is 1. The number of rotatable bonds is 5. The van der Waals surface area contributed by atoms with Crippen molar-refractivity contribution in [2.24, 2.45) is 0 Å². The van der Waals surface area contributed by atoms with E-state index < -0.39 is 0 Å². The summed E-state index contributed by atoms with van der Waals surface area (Å²) in [5.41, 5.74) is 2.24. The lowest BCUT2D eigenvalue weighted by molar-refractivity contribution is 0.248. The first-order valence-electron chi connectivity index (χ1n) is 8.04. The molecule has 1 saturated heterocycles. The van der Waals surface area contributed by atoms with Crippen molar-refractivity contribution in [2.45, 2.75) is 18.6 Å². The number of aromatic nitrogens is 3. The van der Waals surface area contributed by atoms with Gasteiger partial charge in [-0.05, 0) is 18.7 Å². The lowest BCUT2D eigenvalue weighted by Crippen LogP contribution is -2.46. The largest absolute Gasteiger partial charge is 0.481 e. The van der Waals surface area contributed by atoms with Gasteiger partial charge >= 0.3 is 0 Å². The Bertz CT molecular complexity index is 671. The third-order valence-electron chi connectivity index (χ3n) is 4.11. The molecule has 0 amide bonds. The molecular weight excluding hydrogens is 322 g/mol. The van der Waals surface area contributed by atoms with Crippen LogP contribution in [0.3, 0.4) is 0 Å². The summed E-state index contributed by atoms with van der Waals surface area (Å²) in [4.78, 5) is 18.1. The average molecular weight is 345 g/mol. The average Bonchev–Trinajstić information content (AvgIpc) is 2.62. The fraction of sp³-hybridized carbons (Fsp3) is 0.471. The van der Waals surface area contributed by atoms with Gasteiger partial charge in [0.05, 0.1) is 7.11 Å². The molecule has 1 aliphatic heterocycles. The summed E-state index contributed by atoms with van der Waals surface area (Å²) in [6.07, 6.45) is 3.91. The van der Waals surface area contributed by atoms with Crippen LogP contribution in [-0.4, -0.2) is 59.4 Å². The zero-order valence-corrected chi connectivity index (χ0v) is 15.2. The van der Waals surface area contributed by atoms with E-state index in [1.54, 1.807) is 18.9 Å². The summed E-state index contributed by atoms with van der Waals surface area (Å²) in [7, 11) is 1.64. The van der Waals surface area contributed by atoms with Crippen molar-refractivity contribution in [3.8, 4) is 5.88 Å². The van der Waals surface area contributed by atoms with Gasteiger partial charge in [-0.2, -0.15) is 0 Å². The van der Waals surface area contributed by atoms with Gasteiger partial charge in [0.2, 0.25) is 5.88 Å². The molecule has 1 fully saturated rings. The van der Waals surface area contributed by atoms with Crippen LogP contribution in [0.2, 0.25) is 0 Å². The molecule has 0 spiro atoms. The molecule has 2 aromatic heterocycles. The van der Waals surface area contributed by atoms with Crippen molar-refractivity contribution < 1.29 is 4.74 Å². The maximum atomic E-state index is 5.11. The van der Waals surface area contributed by atoms with E-state index in [0.29, 0.717) is 5.88 Å². The lowest BCUT2D eigenvalue weighted by atomic mass is 10.2. The summed E-state index contributed by atoms with van der Waals surface area (Å²) in [5, 5.41) is 0.844. The van der Waals surface area contributed by atoms with Gasteiger partial charge in [-0.1, -0.05) is 17.8 Å². The van der Waals surface area contributed by atoms with Gasteiger partial charge < -0.3 is 9.64 Å². The van der Waals surface area contributed by atoms with E-state index in [2.05, 4.69) is 36.9 Å². The molecule has 24 heavy (non-hydrogen) atoms. The predicted octanol–water partition coefficient (Wildman–Crippen LogP) is 2.23. The van der Waals surface area contributed by atoms with E-state index in [9.17, 15) is 0 Å². The zero-order chi connectivity index (χ0) is 16.9. The van der Waals surface area contributed by atoms with Crippen molar-refractivity contribution in [2.75, 3.05) is 44.4 Å². The van der Waals surface area contributed by atoms with E-state index in [1.807, 2.05) is 25.4 Å². The van der Waals surface area contributed by atoms with Crippen molar-refractivity contribution in [3.63, 3.8) is 0 Å². The second kappa shape index (κ2) is 7.81. The minimum Gasteiger partial charge on any atom is -0.481 e. The number of pyridine rings is 1. The van der Waals surface area contributed by atoms with Crippen LogP contribution in [0.5, 0.6) is 5.88 Å². The molecule has 3 heterocycles. The van der Waals surface area contributed by atoms with Crippen molar-refractivity contribution in [1.82, 2.24) is 19.9 Å². The van der Waals surface area contributed by atoms with Gasteiger partial charge in [-0.3, -0.25) is 4.90 Å². The number of nitrogens with zero attached hydrogens (tertiary/aromatic N) is 5. The van der Waals surface area contributed by atoms with Gasteiger partial charge in [-0.25, -0.2) is 15.0 Å². The van der Waals surface area contributed by atoms with E-state index in [0.717, 1.165) is 49.4 Å². The molecule has 0 unspecified atom stereocenters. The van der Waals surface area contributed by atoms with Crippen molar-refractivity contribution in [3.05, 3.63) is 35.7 Å². The molecule has 0 saturated carbocycles. The van der Waals surface area contributed by atoms with Gasteiger partial charge in [0.1, 0.15) is 5.82 Å². The Morgan fingerprint density at radius 3 is 2.58 bits per heavy atom. The smallest absolute Gasteiger partial charge is 0.212 e. The van der Waals surface area contributed by atoms with Gasteiger partial charge in [0, 0.05) is 56.7 Å². The first-order valence-corrected chi connectivity index (χ1v) is 9.26. The highest BCUT2D eigenvalue weighted by atomic mass is 32.2. The van der Waals surface area contributed by atoms with Crippen LogP contribution in [0.1, 0.15) is 11.3 Å². The Balaban J connectivity index is 1.58. The number of hydrogen-bond acceptors (Lipinski definition) is 7. The summed E-state index contributed by atoms with van der Waals surface area (Å²) in [5.74, 6) is 1.70. The van der Waals surface area contributed by atoms with Crippen LogP contribution < -0.4 is 9.64 Å². The first kappa shape index (κ1) is 17.0. The molecule has 0 atom stereocenters. The Morgan fingerprint density at radius 2 is 1.96 bits per heavy atom. The predicted molar refractivity (Wildman–Crippen MR) is 96.8 cm³/mol. The standard InChI is InChI=1S/C17H23N5OS/c1-13-10-15(20-17(19-13)24-3)22-8-6-21(7-9-22)12-14-4-5-16(23-2)18-11-14/h4-5,10-11H,6-9,12H2,1-3H3. The number of hydrogen-bond donors (Lipinski definition) is 0. The van der Waals surface area contributed by atoms with Crippen LogP contribution in [0, 0.1) is 6.92 Å². The number of thioether (sulfide) groups is 1. The molecule has 6 nitrogen and oxygen atoms in total. The lowest BCUT2D eigenvalue weighted by Gasteiger charge is -2.35. The topological polar surface area (TPSA) is 54.4 Å². The van der Waals surface area contributed by atoms with Gasteiger partial charge in [-0.15, -0.1) is 0 Å². The summed E-state index contributed by atoms with van der Waals surface area (Å²) >= 11 is 1.59. The molecule has 0 aromatic carbocycles. The second-order valence-electron chi connectivity index (χ2n) is 5.83. The van der Waals surface area contributed by atoms with Crippen LogP contribution in [0.25, 0.3) is 0 Å². The number of piperazine rings is 1. The van der Waals surface area contributed by atoms with E-state index >= 15 is 0 Å². The normalized spacial score (nSPS) is 15.5. The minimum absolute atomic E-state index is 0.660. The molecule has 1 aliphatic rings. The Labute approximate surface area is 147 Å². The molecule has 0 N–H and O–H groups in total. The molecule has 3 rings (SSSR count). The third kappa shape index (κ3) is 4.15. The van der Waals surface area contributed by atoms with Crippen molar-refractivity contribution in [1.29, 1.82) is 0 Å². The van der Waals surface area contributed by atoms with Crippen molar-refractivity contribution >= 4 is 17.6 Å². The van der Waals surface area contributed by atoms with Crippen LogP contribution in [0.4, 0.5) is 5.82 Å². The monoisotopic (exact) mass is 345 g/mol. The Hall–Kier alpha value is -1.86. The maximum absolute atomic E-state index is 5.11. The second-order valence-corrected chi connectivity index (χ2v) is 6.60. The number of ether oxygens (including phenoxy) is 1. The van der Waals surface area contributed by atoms with Gasteiger partial charge in [0.25, 0.3) is 0 Å². The van der Waals surface area contributed by atoms with Crippen LogP contribution in [-0.2, 0) is 6.54 Å². The summed E-state index contributed by atoms with van der Waals surface area (Å²) in [6.45, 7) is 6.94. The van der Waals surface area contributed by atoms with E-state index in [4.69, 9.17) is 4.74 Å². The highest BCUT2D eigenvalue weighted by Gasteiger charge is 2.19. The molecule has 0 bridgehead atoms. The number of methoxy groups -OCH3 is 1. The van der Waals surface area contributed by atoms with Gasteiger partial charge in [0.15, 0.2) is 5.16 Å². The molecule has 7 heteroatoms. The molecule has 0 aliphatic carbocycles. The molecule has 0 radical (unpaired) electrons. The molecule has 2 aromatic rings. The highest BCUT2D eigenvalue weighted by Crippen LogP contribution is 2.19. The van der Waals surface area contributed by atoms with E-state index in [-0.39, 0.29) is 0 Å². The fourth-order valence-corrected chi connectivity index (χ4v) is 3.22. The summed E-state index contributed by atoms with van der Waals surface area (Å²) in [6, 6.07) is 6.07. The summed E-state index contributed by atoms with van der Waals surface area (Å²) < 4.78 is 5.11. The Morgan fingerprint density at radius 1 is 1.17 bits per heavy atom. The van der Waals surface area contributed by atoms with Crippen LogP contribution in [0.15, 0.2) is 29.6 Å². The zero-order valence-electron chi connectivity index (χ0n) is 14.4. The molecular formula is C17H23N5OS. The highest BCUT2D eigenvalue weighted by molar-refractivity contribution is 7.98. The van der Waals surface area contributed by atoms with Crippen LogP contribution >= 0.6 is 11.8 Å².